The first-order chi connectivity index (χ1) is 9.20. The van der Waals surface area contributed by atoms with Gasteiger partial charge in [0.15, 0.2) is 5.82 Å². The molecule has 0 aliphatic carbocycles. The van der Waals surface area contributed by atoms with E-state index in [0.717, 1.165) is 6.42 Å². The van der Waals surface area contributed by atoms with Crippen molar-refractivity contribution < 1.29 is 9.90 Å². The first kappa shape index (κ1) is 13.0. The van der Waals surface area contributed by atoms with Crippen molar-refractivity contribution in [1.29, 1.82) is 0 Å². The van der Waals surface area contributed by atoms with Crippen LogP contribution in [0.3, 0.4) is 0 Å². The lowest BCUT2D eigenvalue weighted by Crippen LogP contribution is -2.31. The molecule has 0 radical (unpaired) electrons. The number of hydrogen-bond acceptors (Lipinski definition) is 5. The largest absolute Gasteiger partial charge is 0.480 e. The van der Waals surface area contributed by atoms with Gasteiger partial charge in [0, 0.05) is 18.9 Å². The fourth-order valence-corrected chi connectivity index (χ4v) is 1.72. The van der Waals surface area contributed by atoms with E-state index in [1.54, 1.807) is 40.4 Å². The van der Waals surface area contributed by atoms with Crippen molar-refractivity contribution in [2.24, 2.45) is 0 Å². The van der Waals surface area contributed by atoms with E-state index in [9.17, 15) is 4.79 Å². The van der Waals surface area contributed by atoms with E-state index in [0.29, 0.717) is 18.2 Å². The van der Waals surface area contributed by atoms with E-state index in [4.69, 9.17) is 5.11 Å². The Balaban J connectivity index is 2.27. The van der Waals surface area contributed by atoms with Gasteiger partial charge in [-0.25, -0.2) is 9.67 Å². The van der Waals surface area contributed by atoms with Gasteiger partial charge in [-0.1, -0.05) is 6.92 Å². The van der Waals surface area contributed by atoms with Gasteiger partial charge in [-0.05, 0) is 12.5 Å². The average molecular weight is 261 g/mol. The topological polar surface area (TPSA) is 84.1 Å². The molecule has 2 heterocycles. The van der Waals surface area contributed by atoms with Crippen LogP contribution in [0, 0.1) is 0 Å². The highest BCUT2D eigenvalue weighted by Crippen LogP contribution is 2.12. The van der Waals surface area contributed by atoms with E-state index in [1.807, 2.05) is 6.92 Å². The highest BCUT2D eigenvalue weighted by molar-refractivity contribution is 5.73. The minimum absolute atomic E-state index is 0.0922. The van der Waals surface area contributed by atoms with Crippen molar-refractivity contribution in [2.45, 2.75) is 13.3 Å². The standard InChI is InChI=1S/C12H15N5O2/c1-2-5-16(9-12(18)19)10-7-13-8-11(15-10)17-6-3-4-14-17/h3-4,6-8H,2,5,9H2,1H3,(H,18,19). The number of hydrogen-bond donors (Lipinski definition) is 1. The maximum atomic E-state index is 10.9. The third-order valence-electron chi connectivity index (χ3n) is 2.49. The molecule has 19 heavy (non-hydrogen) atoms. The summed E-state index contributed by atoms with van der Waals surface area (Å²) in [6, 6.07) is 1.79. The third kappa shape index (κ3) is 3.27. The summed E-state index contributed by atoms with van der Waals surface area (Å²) in [4.78, 5) is 21.0. The van der Waals surface area contributed by atoms with E-state index < -0.39 is 5.97 Å². The summed E-state index contributed by atoms with van der Waals surface area (Å²) in [6.45, 7) is 2.51. The Morgan fingerprint density at radius 1 is 1.47 bits per heavy atom. The molecule has 0 aliphatic heterocycles. The Labute approximate surface area is 110 Å². The Morgan fingerprint density at radius 2 is 2.32 bits per heavy atom. The molecule has 0 amide bonds. The van der Waals surface area contributed by atoms with Gasteiger partial charge in [0.1, 0.15) is 12.4 Å². The lowest BCUT2D eigenvalue weighted by molar-refractivity contribution is -0.135. The van der Waals surface area contributed by atoms with Crippen molar-refractivity contribution in [1.82, 2.24) is 19.7 Å². The monoisotopic (exact) mass is 261 g/mol. The highest BCUT2D eigenvalue weighted by atomic mass is 16.4. The van der Waals surface area contributed by atoms with Gasteiger partial charge in [-0.2, -0.15) is 5.10 Å². The molecule has 0 aliphatic rings. The number of carboxylic acid groups (broad SMARTS) is 1. The van der Waals surface area contributed by atoms with Crippen LogP contribution in [0.4, 0.5) is 5.82 Å². The van der Waals surface area contributed by atoms with Crippen LogP contribution >= 0.6 is 0 Å². The number of anilines is 1. The summed E-state index contributed by atoms with van der Waals surface area (Å²) in [6.07, 6.45) is 7.39. The van der Waals surface area contributed by atoms with Crippen LogP contribution < -0.4 is 4.90 Å². The number of rotatable bonds is 6. The number of carbonyl (C=O) groups is 1. The zero-order chi connectivity index (χ0) is 13.7. The van der Waals surface area contributed by atoms with Gasteiger partial charge >= 0.3 is 5.97 Å². The molecule has 0 bridgehead atoms. The molecule has 0 fully saturated rings. The molecule has 7 heteroatoms. The first-order valence-electron chi connectivity index (χ1n) is 5.99. The van der Waals surface area contributed by atoms with Gasteiger partial charge in [-0.15, -0.1) is 0 Å². The molecule has 0 unspecified atom stereocenters. The van der Waals surface area contributed by atoms with Crippen molar-refractivity contribution in [3.8, 4) is 5.82 Å². The van der Waals surface area contributed by atoms with Crippen LogP contribution in [-0.4, -0.2) is 43.9 Å². The molecule has 0 aromatic carbocycles. The molecule has 100 valence electrons. The summed E-state index contributed by atoms with van der Waals surface area (Å²) >= 11 is 0. The molecule has 2 aromatic heterocycles. The number of nitrogens with zero attached hydrogens (tertiary/aromatic N) is 5. The highest BCUT2D eigenvalue weighted by Gasteiger charge is 2.12. The van der Waals surface area contributed by atoms with E-state index in [1.165, 1.54) is 0 Å². The summed E-state index contributed by atoms with van der Waals surface area (Å²) in [5.74, 6) is 0.214. The normalized spacial score (nSPS) is 10.4. The molecule has 0 atom stereocenters. The Morgan fingerprint density at radius 3 is 2.95 bits per heavy atom. The van der Waals surface area contributed by atoms with Gasteiger partial charge < -0.3 is 10.0 Å². The minimum atomic E-state index is -0.889. The maximum Gasteiger partial charge on any atom is 0.323 e. The molecule has 7 nitrogen and oxygen atoms in total. The molecule has 0 spiro atoms. The maximum absolute atomic E-state index is 10.9. The van der Waals surface area contributed by atoms with Gasteiger partial charge in [-0.3, -0.25) is 9.78 Å². The van der Waals surface area contributed by atoms with Gasteiger partial charge in [0.25, 0.3) is 0 Å². The van der Waals surface area contributed by atoms with Crippen LogP contribution in [-0.2, 0) is 4.79 Å². The van der Waals surface area contributed by atoms with Crippen LogP contribution in [0.25, 0.3) is 5.82 Å². The molecule has 2 aromatic rings. The zero-order valence-electron chi connectivity index (χ0n) is 10.6. The fraction of sp³-hybridized carbons (Fsp3) is 0.333. The van der Waals surface area contributed by atoms with Crippen molar-refractivity contribution in [3.63, 3.8) is 0 Å². The minimum Gasteiger partial charge on any atom is -0.480 e. The Hall–Kier alpha value is -2.44. The van der Waals surface area contributed by atoms with Crippen LogP contribution in [0.1, 0.15) is 13.3 Å². The SMILES string of the molecule is CCCN(CC(=O)O)c1cncc(-n2cccn2)n1. The lowest BCUT2D eigenvalue weighted by Gasteiger charge is -2.20. The summed E-state index contributed by atoms with van der Waals surface area (Å²) < 4.78 is 1.58. The van der Waals surface area contributed by atoms with Crippen LogP contribution in [0.2, 0.25) is 0 Å². The third-order valence-corrected chi connectivity index (χ3v) is 2.49. The molecular weight excluding hydrogens is 246 g/mol. The predicted molar refractivity (Wildman–Crippen MR) is 69.3 cm³/mol. The van der Waals surface area contributed by atoms with E-state index >= 15 is 0 Å². The summed E-state index contributed by atoms with van der Waals surface area (Å²) in [5.41, 5.74) is 0. The van der Waals surface area contributed by atoms with Crippen LogP contribution in [0.5, 0.6) is 0 Å². The number of aliphatic carboxylic acids is 1. The molecular formula is C12H15N5O2. The first-order valence-corrected chi connectivity index (χ1v) is 5.99. The second kappa shape index (κ2) is 5.94. The molecule has 0 saturated heterocycles. The zero-order valence-corrected chi connectivity index (χ0v) is 10.6. The quantitative estimate of drug-likeness (QED) is 0.833. The smallest absolute Gasteiger partial charge is 0.323 e. The second-order valence-corrected chi connectivity index (χ2v) is 4.00. The van der Waals surface area contributed by atoms with Crippen molar-refractivity contribution in [3.05, 3.63) is 30.9 Å². The van der Waals surface area contributed by atoms with Gasteiger partial charge in [0.05, 0.1) is 12.4 Å². The fourth-order valence-electron chi connectivity index (χ4n) is 1.72. The van der Waals surface area contributed by atoms with E-state index in [-0.39, 0.29) is 6.54 Å². The summed E-state index contributed by atoms with van der Waals surface area (Å²) in [5, 5.41) is 13.0. The molecule has 2 rings (SSSR count). The van der Waals surface area contributed by atoms with Crippen molar-refractivity contribution in [2.75, 3.05) is 18.0 Å². The summed E-state index contributed by atoms with van der Waals surface area (Å²) in [7, 11) is 0. The van der Waals surface area contributed by atoms with Crippen LogP contribution in [0.15, 0.2) is 30.9 Å². The predicted octanol–water partition coefficient (Wildman–Crippen LogP) is 0.963. The Kier molecular flexibility index (Phi) is 4.07. The Bertz CT molecular complexity index is 541. The molecule has 0 saturated carbocycles. The van der Waals surface area contributed by atoms with E-state index in [2.05, 4.69) is 15.1 Å². The lowest BCUT2D eigenvalue weighted by atomic mass is 10.4. The van der Waals surface area contributed by atoms with Crippen molar-refractivity contribution >= 4 is 11.8 Å². The molecule has 1 N–H and O–H groups in total. The number of aromatic nitrogens is 4. The number of carboxylic acids is 1. The second-order valence-electron chi connectivity index (χ2n) is 4.00. The van der Waals surface area contributed by atoms with Gasteiger partial charge in [0.2, 0.25) is 0 Å². The average Bonchev–Trinajstić information content (AvgIpc) is 2.92.